The predicted molar refractivity (Wildman–Crippen MR) is 121 cm³/mol. The third-order valence-electron chi connectivity index (χ3n) is 8.08. The molecule has 5 nitrogen and oxygen atoms in total. The van der Waals surface area contributed by atoms with Crippen molar-refractivity contribution < 1.29 is 0 Å². The molecule has 2 aromatic heterocycles. The van der Waals surface area contributed by atoms with Crippen molar-refractivity contribution in [2.24, 2.45) is 23.2 Å². The largest absolute Gasteiger partial charge is 0.369 e. The van der Waals surface area contributed by atoms with Crippen LogP contribution in [0.15, 0.2) is 29.3 Å². The molecular weight excluding hydrogens is 438 g/mol. The number of halogens is 1. The standard InChI is InChI=1S/C24H30BrN5/c25-22-2-1-16(11-26-22)12-30-4-3-20-21(13-30)28-15-29-23(20)27-14-24-8-17-5-18(9-24)7-19(6-17)10-24/h1-2,11,15,17-19H,3-10,12-14H2,(H,27,28,29). The van der Waals surface area contributed by atoms with Crippen LogP contribution >= 0.6 is 15.9 Å². The maximum atomic E-state index is 4.67. The van der Waals surface area contributed by atoms with Crippen molar-refractivity contribution in [2.75, 3.05) is 18.4 Å². The number of hydrogen-bond acceptors (Lipinski definition) is 5. The number of hydrogen-bond donors (Lipinski definition) is 1. The first-order chi connectivity index (χ1) is 14.6. The Morgan fingerprint density at radius 2 is 1.80 bits per heavy atom. The lowest BCUT2D eigenvalue weighted by atomic mass is 9.49. The summed E-state index contributed by atoms with van der Waals surface area (Å²) in [6.07, 6.45) is 13.6. The fourth-order valence-corrected chi connectivity index (χ4v) is 7.47. The zero-order chi connectivity index (χ0) is 20.1. The molecule has 2 aromatic rings. The molecule has 7 rings (SSSR count). The molecule has 4 bridgehead atoms. The van der Waals surface area contributed by atoms with Crippen LogP contribution in [-0.4, -0.2) is 32.9 Å². The van der Waals surface area contributed by atoms with E-state index in [4.69, 9.17) is 0 Å². The van der Waals surface area contributed by atoms with Crippen LogP contribution < -0.4 is 5.32 Å². The number of nitrogens with zero attached hydrogens (tertiary/aromatic N) is 4. The van der Waals surface area contributed by atoms with Crippen molar-refractivity contribution in [2.45, 2.75) is 58.0 Å². The van der Waals surface area contributed by atoms with E-state index < -0.39 is 0 Å². The maximum absolute atomic E-state index is 4.67. The summed E-state index contributed by atoms with van der Waals surface area (Å²) < 4.78 is 0.887. The summed E-state index contributed by atoms with van der Waals surface area (Å²) in [5, 5.41) is 3.82. The quantitative estimate of drug-likeness (QED) is 0.638. The van der Waals surface area contributed by atoms with Gasteiger partial charge >= 0.3 is 0 Å². The third-order valence-corrected chi connectivity index (χ3v) is 8.55. The van der Waals surface area contributed by atoms with Crippen LogP contribution in [0.2, 0.25) is 0 Å². The van der Waals surface area contributed by atoms with Gasteiger partial charge < -0.3 is 5.32 Å². The Balaban J connectivity index is 1.14. The summed E-state index contributed by atoms with van der Waals surface area (Å²) >= 11 is 3.42. The summed E-state index contributed by atoms with van der Waals surface area (Å²) in [5.74, 6) is 4.10. The van der Waals surface area contributed by atoms with E-state index in [0.717, 1.165) is 60.8 Å². The van der Waals surface area contributed by atoms with E-state index in [1.807, 2.05) is 12.3 Å². The van der Waals surface area contributed by atoms with Crippen molar-refractivity contribution >= 4 is 21.7 Å². The molecule has 158 valence electrons. The molecule has 0 saturated heterocycles. The molecule has 4 aliphatic carbocycles. The van der Waals surface area contributed by atoms with Gasteiger partial charge in [-0.3, -0.25) is 4.90 Å². The number of aromatic nitrogens is 3. The van der Waals surface area contributed by atoms with E-state index in [-0.39, 0.29) is 0 Å². The summed E-state index contributed by atoms with van der Waals surface area (Å²) in [4.78, 5) is 16.1. The van der Waals surface area contributed by atoms with Crippen LogP contribution in [0, 0.1) is 23.2 Å². The zero-order valence-corrected chi connectivity index (χ0v) is 19.1. The van der Waals surface area contributed by atoms with E-state index in [9.17, 15) is 0 Å². The first-order valence-electron chi connectivity index (χ1n) is 11.5. The first kappa shape index (κ1) is 19.2. The molecule has 0 amide bonds. The lowest BCUT2D eigenvalue weighted by molar-refractivity contribution is -0.0444. The fourth-order valence-electron chi connectivity index (χ4n) is 7.23. The first-order valence-corrected chi connectivity index (χ1v) is 12.3. The van der Waals surface area contributed by atoms with Gasteiger partial charge in [0.1, 0.15) is 16.7 Å². The summed E-state index contributed by atoms with van der Waals surface area (Å²) in [5.41, 5.74) is 4.31. The van der Waals surface area contributed by atoms with Crippen LogP contribution in [-0.2, 0) is 19.5 Å². The molecular formula is C24H30BrN5. The van der Waals surface area contributed by atoms with E-state index >= 15 is 0 Å². The fraction of sp³-hybridized carbons (Fsp3) is 0.625. The monoisotopic (exact) mass is 467 g/mol. The lowest BCUT2D eigenvalue weighted by Crippen LogP contribution is -2.49. The minimum absolute atomic E-state index is 0.530. The molecule has 30 heavy (non-hydrogen) atoms. The van der Waals surface area contributed by atoms with Gasteiger partial charge in [0.15, 0.2) is 0 Å². The zero-order valence-electron chi connectivity index (χ0n) is 17.5. The van der Waals surface area contributed by atoms with Crippen LogP contribution in [0.1, 0.15) is 55.3 Å². The number of pyridine rings is 1. The van der Waals surface area contributed by atoms with Crippen molar-refractivity contribution in [3.63, 3.8) is 0 Å². The molecule has 0 unspecified atom stereocenters. The SMILES string of the molecule is Brc1ccc(CN2CCc3c(ncnc3NCC34CC5CC(CC(C5)C3)C4)C2)cn1. The van der Waals surface area contributed by atoms with Gasteiger partial charge in [-0.05, 0) is 95.7 Å². The molecule has 0 radical (unpaired) electrons. The van der Waals surface area contributed by atoms with E-state index in [0.29, 0.717) is 5.41 Å². The van der Waals surface area contributed by atoms with Gasteiger partial charge in [-0.2, -0.15) is 0 Å². The van der Waals surface area contributed by atoms with E-state index in [1.165, 1.54) is 55.3 Å². The molecule has 0 aromatic carbocycles. The molecule has 0 atom stereocenters. The summed E-state index contributed by atoms with van der Waals surface area (Å²) in [6, 6.07) is 4.16. The second kappa shape index (κ2) is 7.56. The smallest absolute Gasteiger partial charge is 0.132 e. The van der Waals surface area contributed by atoms with Crippen molar-refractivity contribution in [3.05, 3.63) is 46.1 Å². The van der Waals surface area contributed by atoms with E-state index in [2.05, 4.69) is 47.2 Å². The van der Waals surface area contributed by atoms with E-state index in [1.54, 1.807) is 6.33 Å². The molecule has 5 aliphatic rings. The number of nitrogens with one attached hydrogen (secondary N) is 1. The average molecular weight is 468 g/mol. The second-order valence-corrected chi connectivity index (χ2v) is 11.2. The molecule has 6 heteroatoms. The number of fused-ring (bicyclic) bond motifs is 1. The van der Waals surface area contributed by atoms with Gasteiger partial charge in [0.05, 0.1) is 5.69 Å². The lowest BCUT2D eigenvalue weighted by Gasteiger charge is -2.57. The van der Waals surface area contributed by atoms with Crippen molar-refractivity contribution in [1.29, 1.82) is 0 Å². The minimum Gasteiger partial charge on any atom is -0.369 e. The Morgan fingerprint density at radius 3 is 2.50 bits per heavy atom. The average Bonchev–Trinajstić information content (AvgIpc) is 2.73. The second-order valence-electron chi connectivity index (χ2n) is 10.4. The molecule has 3 heterocycles. The van der Waals surface area contributed by atoms with Gasteiger partial charge in [0, 0.05) is 37.9 Å². The molecule has 4 fully saturated rings. The Hall–Kier alpha value is -1.53. The van der Waals surface area contributed by atoms with Gasteiger partial charge in [-0.15, -0.1) is 0 Å². The Kier molecular flexibility index (Phi) is 4.83. The highest BCUT2D eigenvalue weighted by Gasteiger charge is 2.50. The van der Waals surface area contributed by atoms with Crippen LogP contribution in [0.25, 0.3) is 0 Å². The van der Waals surface area contributed by atoms with Crippen LogP contribution in [0.3, 0.4) is 0 Å². The highest BCUT2D eigenvalue weighted by molar-refractivity contribution is 9.10. The topological polar surface area (TPSA) is 53.9 Å². The van der Waals surface area contributed by atoms with Gasteiger partial charge in [0.2, 0.25) is 0 Å². The van der Waals surface area contributed by atoms with Gasteiger partial charge in [0.25, 0.3) is 0 Å². The Morgan fingerprint density at radius 1 is 1.03 bits per heavy atom. The minimum atomic E-state index is 0.530. The number of anilines is 1. The van der Waals surface area contributed by atoms with Crippen LogP contribution in [0.5, 0.6) is 0 Å². The molecule has 0 spiro atoms. The maximum Gasteiger partial charge on any atom is 0.132 e. The normalized spacial score (nSPS) is 32.2. The van der Waals surface area contributed by atoms with Gasteiger partial charge in [-0.1, -0.05) is 6.07 Å². The summed E-state index contributed by atoms with van der Waals surface area (Å²) in [7, 11) is 0. The van der Waals surface area contributed by atoms with Crippen molar-refractivity contribution in [3.8, 4) is 0 Å². The Bertz CT molecular complexity index is 892. The number of rotatable bonds is 5. The summed E-state index contributed by atoms with van der Waals surface area (Å²) in [6.45, 7) is 3.95. The Labute approximate surface area is 187 Å². The van der Waals surface area contributed by atoms with Gasteiger partial charge in [-0.25, -0.2) is 15.0 Å². The van der Waals surface area contributed by atoms with Crippen LogP contribution in [0.4, 0.5) is 5.82 Å². The molecule has 1 aliphatic heterocycles. The van der Waals surface area contributed by atoms with Crippen molar-refractivity contribution in [1.82, 2.24) is 19.9 Å². The predicted octanol–water partition coefficient (Wildman–Crippen LogP) is 4.82. The molecule has 1 N–H and O–H groups in total. The third kappa shape index (κ3) is 3.66. The molecule has 4 saturated carbocycles. The highest BCUT2D eigenvalue weighted by Crippen LogP contribution is 2.59. The highest BCUT2D eigenvalue weighted by atomic mass is 79.9.